The van der Waals surface area contributed by atoms with Crippen LogP contribution < -0.4 is 0 Å². The molecule has 25 heavy (non-hydrogen) atoms. The van der Waals surface area contributed by atoms with Crippen LogP contribution in [0.4, 0.5) is 0 Å². The normalized spacial score (nSPS) is 31.5. The number of fused-ring (bicyclic) bond motifs is 2. The topological polar surface area (TPSA) is 49.8 Å². The van der Waals surface area contributed by atoms with Crippen LogP contribution in [-0.2, 0) is 14.9 Å². The van der Waals surface area contributed by atoms with Crippen LogP contribution in [0.5, 0.6) is 0 Å². The van der Waals surface area contributed by atoms with E-state index < -0.39 is 5.41 Å². The van der Waals surface area contributed by atoms with Gasteiger partial charge in [0.05, 0.1) is 6.61 Å². The summed E-state index contributed by atoms with van der Waals surface area (Å²) in [7, 11) is 2.19. The molecule has 2 saturated heterocycles. The molecule has 1 unspecified atom stereocenters. The van der Waals surface area contributed by atoms with E-state index in [0.29, 0.717) is 24.4 Å². The van der Waals surface area contributed by atoms with Crippen molar-refractivity contribution in [2.75, 3.05) is 13.7 Å². The number of nitrogens with zero attached hydrogens (tertiary/aromatic N) is 1. The molecule has 3 fully saturated rings. The molecule has 2 aliphatic heterocycles. The van der Waals surface area contributed by atoms with E-state index in [-0.39, 0.29) is 18.7 Å². The van der Waals surface area contributed by atoms with Gasteiger partial charge in [-0.3, -0.25) is 4.79 Å². The summed E-state index contributed by atoms with van der Waals surface area (Å²) in [4.78, 5) is 15.7. The van der Waals surface area contributed by atoms with E-state index in [1.54, 1.807) is 0 Å². The lowest BCUT2D eigenvalue weighted by Gasteiger charge is -2.38. The highest BCUT2D eigenvalue weighted by Crippen LogP contribution is 2.44. The van der Waals surface area contributed by atoms with Gasteiger partial charge in [0.1, 0.15) is 11.5 Å². The summed E-state index contributed by atoms with van der Waals surface area (Å²) in [5.41, 5.74) is -0.00420. The molecule has 4 rings (SSSR count). The number of carbonyl (C=O) groups is 1. The van der Waals surface area contributed by atoms with E-state index in [9.17, 15) is 9.90 Å². The van der Waals surface area contributed by atoms with E-state index in [4.69, 9.17) is 4.74 Å². The predicted octanol–water partition coefficient (Wildman–Crippen LogP) is 2.89. The van der Waals surface area contributed by atoms with E-state index in [2.05, 4.69) is 11.9 Å². The number of aliphatic hydroxyl groups excluding tert-OH is 1. The van der Waals surface area contributed by atoms with E-state index in [1.807, 2.05) is 30.3 Å². The minimum Gasteiger partial charge on any atom is -0.462 e. The molecule has 0 aromatic heterocycles. The Hall–Kier alpha value is -1.39. The van der Waals surface area contributed by atoms with Crippen LogP contribution in [0.15, 0.2) is 30.3 Å². The number of aliphatic hydroxyl groups is 1. The first kappa shape index (κ1) is 17.0. The molecule has 4 atom stereocenters. The average molecular weight is 343 g/mol. The molecule has 136 valence electrons. The fraction of sp³-hybridized carbons (Fsp3) is 0.667. The van der Waals surface area contributed by atoms with Crippen LogP contribution in [0.25, 0.3) is 0 Å². The number of carbonyl (C=O) groups excluding carboxylic acids is 1. The highest BCUT2D eigenvalue weighted by atomic mass is 16.5. The summed E-state index contributed by atoms with van der Waals surface area (Å²) < 4.78 is 6.03. The van der Waals surface area contributed by atoms with Crippen LogP contribution in [0, 0.1) is 5.92 Å². The van der Waals surface area contributed by atoms with E-state index in [0.717, 1.165) is 31.2 Å². The summed E-state index contributed by atoms with van der Waals surface area (Å²) >= 11 is 0. The molecule has 1 aliphatic carbocycles. The average Bonchev–Trinajstić information content (AvgIpc) is 3.42. The number of hydrogen-bond acceptors (Lipinski definition) is 4. The van der Waals surface area contributed by atoms with Crippen molar-refractivity contribution in [3.05, 3.63) is 35.9 Å². The third kappa shape index (κ3) is 3.22. The summed E-state index contributed by atoms with van der Waals surface area (Å²) in [6, 6.07) is 10.8. The molecule has 3 aliphatic rings. The fourth-order valence-corrected chi connectivity index (χ4v) is 4.83. The van der Waals surface area contributed by atoms with Crippen molar-refractivity contribution in [1.29, 1.82) is 0 Å². The minimum atomic E-state index is -0.898. The van der Waals surface area contributed by atoms with Gasteiger partial charge < -0.3 is 14.7 Å². The molecule has 2 heterocycles. The monoisotopic (exact) mass is 343 g/mol. The number of piperidine rings is 1. The third-order valence-corrected chi connectivity index (χ3v) is 6.65. The molecule has 4 nitrogen and oxygen atoms in total. The molecule has 1 aromatic rings. The largest absolute Gasteiger partial charge is 0.462 e. The van der Waals surface area contributed by atoms with Crippen molar-refractivity contribution in [3.63, 3.8) is 0 Å². The fourth-order valence-electron chi connectivity index (χ4n) is 4.83. The van der Waals surface area contributed by atoms with Crippen molar-refractivity contribution in [2.45, 2.75) is 68.5 Å². The Morgan fingerprint density at radius 3 is 2.36 bits per heavy atom. The SMILES string of the molecule is CN1[C@@H]2CC[C@H]1C[C@@H](OC(=O)C(CO)(CC1CC1)c1ccccc1)C2. The van der Waals surface area contributed by atoms with Crippen LogP contribution in [0.2, 0.25) is 0 Å². The second-order valence-corrected chi connectivity index (χ2v) is 8.30. The van der Waals surface area contributed by atoms with Crippen molar-refractivity contribution in [1.82, 2.24) is 4.90 Å². The predicted molar refractivity (Wildman–Crippen MR) is 96.2 cm³/mol. The van der Waals surface area contributed by atoms with Gasteiger partial charge in [-0.25, -0.2) is 0 Å². The molecular weight excluding hydrogens is 314 g/mol. The van der Waals surface area contributed by atoms with Crippen LogP contribution >= 0.6 is 0 Å². The van der Waals surface area contributed by atoms with Gasteiger partial charge in [0.15, 0.2) is 0 Å². The van der Waals surface area contributed by atoms with Crippen molar-refractivity contribution in [2.24, 2.45) is 5.92 Å². The first-order valence-electron chi connectivity index (χ1n) is 9.72. The third-order valence-electron chi connectivity index (χ3n) is 6.65. The van der Waals surface area contributed by atoms with E-state index in [1.165, 1.54) is 12.8 Å². The Morgan fingerprint density at radius 1 is 1.16 bits per heavy atom. The molecule has 4 heteroatoms. The van der Waals surface area contributed by atoms with E-state index >= 15 is 0 Å². The van der Waals surface area contributed by atoms with Gasteiger partial charge in [-0.15, -0.1) is 0 Å². The summed E-state index contributed by atoms with van der Waals surface area (Å²) in [6.45, 7) is -0.175. The maximum Gasteiger partial charge on any atom is 0.319 e. The standard InChI is InChI=1S/C21H29NO3/c1-22-17-9-10-18(22)12-19(11-17)25-20(24)21(14-23,13-15-7-8-15)16-5-3-2-4-6-16/h2-6,15,17-19,23H,7-14H2,1H3/t17-,18+,19+,21?. The Bertz CT molecular complexity index is 601. The quantitative estimate of drug-likeness (QED) is 0.807. The molecule has 1 saturated carbocycles. The Labute approximate surface area is 150 Å². The van der Waals surface area contributed by atoms with Crippen LogP contribution in [-0.4, -0.2) is 47.8 Å². The maximum atomic E-state index is 13.2. The van der Waals surface area contributed by atoms with Crippen LogP contribution in [0.1, 0.15) is 50.5 Å². The zero-order valence-corrected chi connectivity index (χ0v) is 15.1. The highest BCUT2D eigenvalue weighted by molar-refractivity contribution is 5.83. The first-order chi connectivity index (χ1) is 12.1. The number of rotatable bonds is 6. The number of esters is 1. The Balaban J connectivity index is 1.53. The molecule has 0 radical (unpaired) electrons. The van der Waals surface area contributed by atoms with Crippen molar-refractivity contribution < 1.29 is 14.6 Å². The summed E-state index contributed by atoms with van der Waals surface area (Å²) in [5, 5.41) is 10.3. The smallest absolute Gasteiger partial charge is 0.319 e. The Kier molecular flexibility index (Phi) is 4.59. The number of benzene rings is 1. The van der Waals surface area contributed by atoms with Gasteiger partial charge in [0.25, 0.3) is 0 Å². The molecular formula is C21H29NO3. The highest BCUT2D eigenvalue weighted by Gasteiger charge is 2.47. The molecule has 0 spiro atoms. The second kappa shape index (κ2) is 6.73. The second-order valence-electron chi connectivity index (χ2n) is 8.30. The van der Waals surface area contributed by atoms with Gasteiger partial charge in [0.2, 0.25) is 0 Å². The van der Waals surface area contributed by atoms with Gasteiger partial charge in [0, 0.05) is 12.1 Å². The van der Waals surface area contributed by atoms with Gasteiger partial charge >= 0.3 is 5.97 Å². The molecule has 1 N–H and O–H groups in total. The minimum absolute atomic E-state index is 0.00459. The maximum absolute atomic E-state index is 13.2. The summed E-state index contributed by atoms with van der Waals surface area (Å²) in [5.74, 6) is 0.315. The van der Waals surface area contributed by atoms with Gasteiger partial charge in [-0.2, -0.15) is 0 Å². The first-order valence-corrected chi connectivity index (χ1v) is 9.72. The molecule has 0 amide bonds. The van der Waals surface area contributed by atoms with Crippen LogP contribution in [0.3, 0.4) is 0 Å². The molecule has 1 aromatic carbocycles. The van der Waals surface area contributed by atoms with Crippen molar-refractivity contribution in [3.8, 4) is 0 Å². The molecule has 2 bridgehead atoms. The van der Waals surface area contributed by atoms with Gasteiger partial charge in [-0.1, -0.05) is 43.2 Å². The van der Waals surface area contributed by atoms with Crippen molar-refractivity contribution >= 4 is 5.97 Å². The lowest BCUT2D eigenvalue weighted by atomic mass is 9.76. The summed E-state index contributed by atoms with van der Waals surface area (Å²) in [6.07, 6.45) is 7.28. The Morgan fingerprint density at radius 2 is 1.80 bits per heavy atom. The zero-order valence-electron chi connectivity index (χ0n) is 15.1. The lowest BCUT2D eigenvalue weighted by molar-refractivity contribution is -0.162. The number of ether oxygens (including phenoxy) is 1. The lowest BCUT2D eigenvalue weighted by Crippen LogP contribution is -2.47. The zero-order chi connectivity index (χ0) is 17.4. The van der Waals surface area contributed by atoms with Gasteiger partial charge in [-0.05, 0) is 50.6 Å². The number of hydrogen-bond donors (Lipinski definition) is 1.